The molecule has 1 fully saturated rings. The smallest absolute Gasteiger partial charge is 0.314 e. The molecule has 2 amide bonds. The lowest BCUT2D eigenvalue weighted by molar-refractivity contribution is 0.173. The second kappa shape index (κ2) is 6.83. The molecule has 128 valence electrons. The number of urea groups is 1. The van der Waals surface area contributed by atoms with Gasteiger partial charge in [-0.25, -0.2) is 4.79 Å². The molecule has 3 N–H and O–H groups in total. The first-order chi connectivity index (χ1) is 11.5. The van der Waals surface area contributed by atoms with Gasteiger partial charge in [-0.15, -0.1) is 0 Å². The highest BCUT2D eigenvalue weighted by molar-refractivity contribution is 6.30. The summed E-state index contributed by atoms with van der Waals surface area (Å²) >= 11 is 5.92. The number of aliphatic hydroxyl groups is 1. The Balaban J connectivity index is 1.46. The SMILES string of the molecule is Cn1cc([C@@H](O)CNC(=O)NCC2(c3ccc(Cl)cc3)CC2)cn1. The van der Waals surface area contributed by atoms with Gasteiger partial charge in [0.15, 0.2) is 0 Å². The number of nitrogens with one attached hydrogen (secondary N) is 2. The van der Waals surface area contributed by atoms with Crippen molar-refractivity contribution >= 4 is 17.6 Å². The highest BCUT2D eigenvalue weighted by Gasteiger charge is 2.44. The fourth-order valence-corrected chi connectivity index (χ4v) is 2.88. The number of aliphatic hydroxyl groups excluding tert-OH is 1. The third-order valence-corrected chi connectivity index (χ3v) is 4.72. The zero-order chi connectivity index (χ0) is 17.2. The van der Waals surface area contributed by atoms with Gasteiger partial charge in [-0.2, -0.15) is 5.10 Å². The summed E-state index contributed by atoms with van der Waals surface area (Å²) in [5.74, 6) is 0. The van der Waals surface area contributed by atoms with E-state index >= 15 is 0 Å². The van der Waals surface area contributed by atoms with E-state index in [0.717, 1.165) is 12.8 Å². The van der Waals surface area contributed by atoms with Crippen molar-refractivity contribution in [1.82, 2.24) is 20.4 Å². The number of aromatic nitrogens is 2. The van der Waals surface area contributed by atoms with E-state index in [2.05, 4.69) is 15.7 Å². The highest BCUT2D eigenvalue weighted by Crippen LogP contribution is 2.47. The molecule has 1 aliphatic carbocycles. The number of carbonyl (C=O) groups excluding carboxylic acids is 1. The van der Waals surface area contributed by atoms with Gasteiger partial charge in [-0.1, -0.05) is 23.7 Å². The summed E-state index contributed by atoms with van der Waals surface area (Å²) in [6.07, 6.45) is 4.64. The minimum absolute atomic E-state index is 0.0178. The Morgan fingerprint density at radius 1 is 1.38 bits per heavy atom. The van der Waals surface area contributed by atoms with Gasteiger partial charge in [-0.3, -0.25) is 4.68 Å². The molecule has 1 aromatic carbocycles. The van der Waals surface area contributed by atoms with Crippen molar-refractivity contribution in [3.8, 4) is 0 Å². The van der Waals surface area contributed by atoms with Crippen LogP contribution in [-0.2, 0) is 12.5 Å². The topological polar surface area (TPSA) is 79.2 Å². The quantitative estimate of drug-likeness (QED) is 0.748. The average Bonchev–Trinajstić information content (AvgIpc) is 3.24. The maximum atomic E-state index is 12.0. The van der Waals surface area contributed by atoms with Crippen molar-refractivity contribution in [2.24, 2.45) is 7.05 Å². The molecule has 1 heterocycles. The summed E-state index contributed by atoms with van der Waals surface area (Å²) < 4.78 is 1.61. The summed E-state index contributed by atoms with van der Waals surface area (Å²) in [6, 6.07) is 7.50. The molecular formula is C17H21ClN4O2. The van der Waals surface area contributed by atoms with Gasteiger partial charge in [0.05, 0.1) is 12.3 Å². The highest BCUT2D eigenvalue weighted by atomic mass is 35.5. The second-order valence-electron chi connectivity index (χ2n) is 6.31. The number of hydrogen-bond acceptors (Lipinski definition) is 3. The molecule has 3 rings (SSSR count). The van der Waals surface area contributed by atoms with Gasteiger partial charge in [0.25, 0.3) is 0 Å². The van der Waals surface area contributed by atoms with E-state index in [4.69, 9.17) is 11.6 Å². The Morgan fingerprint density at radius 3 is 2.67 bits per heavy atom. The maximum absolute atomic E-state index is 12.0. The first-order valence-electron chi connectivity index (χ1n) is 7.93. The molecule has 0 spiro atoms. The number of amides is 2. The van der Waals surface area contributed by atoms with Crippen molar-refractivity contribution in [1.29, 1.82) is 0 Å². The van der Waals surface area contributed by atoms with Crippen LogP contribution in [0.2, 0.25) is 5.02 Å². The molecule has 0 radical (unpaired) electrons. The molecule has 0 unspecified atom stereocenters. The molecular weight excluding hydrogens is 328 g/mol. The van der Waals surface area contributed by atoms with Crippen molar-refractivity contribution in [3.05, 3.63) is 52.8 Å². The fraction of sp³-hybridized carbons (Fsp3) is 0.412. The lowest BCUT2D eigenvalue weighted by atomic mass is 9.96. The first kappa shape index (κ1) is 16.8. The van der Waals surface area contributed by atoms with Crippen LogP contribution in [0, 0.1) is 0 Å². The standard InChI is InChI=1S/C17H21ClN4O2/c1-22-10-12(8-21-22)15(23)9-19-16(24)20-11-17(6-7-17)13-2-4-14(18)5-3-13/h2-5,8,10,15,23H,6-7,9,11H2,1H3,(H2,19,20,24)/t15-/m0/s1. The Morgan fingerprint density at radius 2 is 2.08 bits per heavy atom. The monoisotopic (exact) mass is 348 g/mol. The molecule has 1 aromatic heterocycles. The van der Waals surface area contributed by atoms with Crippen LogP contribution in [0.15, 0.2) is 36.7 Å². The lowest BCUT2D eigenvalue weighted by Crippen LogP contribution is -2.41. The maximum Gasteiger partial charge on any atom is 0.314 e. The fourth-order valence-electron chi connectivity index (χ4n) is 2.75. The van der Waals surface area contributed by atoms with E-state index in [1.54, 1.807) is 24.1 Å². The summed E-state index contributed by atoms with van der Waals surface area (Å²) in [5, 5.41) is 20.3. The van der Waals surface area contributed by atoms with Crippen molar-refractivity contribution in [2.45, 2.75) is 24.4 Å². The molecule has 1 saturated carbocycles. The Hall–Kier alpha value is -2.05. The number of hydrogen-bond donors (Lipinski definition) is 3. The second-order valence-corrected chi connectivity index (χ2v) is 6.75. The number of carbonyl (C=O) groups is 1. The van der Waals surface area contributed by atoms with Gasteiger partial charge < -0.3 is 15.7 Å². The summed E-state index contributed by atoms with van der Waals surface area (Å²) in [7, 11) is 1.78. The van der Waals surface area contributed by atoms with Crippen LogP contribution in [0.1, 0.15) is 30.1 Å². The van der Waals surface area contributed by atoms with E-state index in [1.165, 1.54) is 5.56 Å². The van der Waals surface area contributed by atoms with E-state index < -0.39 is 6.10 Å². The van der Waals surface area contributed by atoms with Gasteiger partial charge >= 0.3 is 6.03 Å². The van der Waals surface area contributed by atoms with Crippen molar-refractivity contribution in [3.63, 3.8) is 0 Å². The largest absolute Gasteiger partial charge is 0.386 e. The zero-order valence-corrected chi connectivity index (χ0v) is 14.3. The van der Waals surface area contributed by atoms with Crippen LogP contribution in [0.3, 0.4) is 0 Å². The number of benzene rings is 1. The van der Waals surface area contributed by atoms with Crippen LogP contribution in [0.4, 0.5) is 4.79 Å². The van der Waals surface area contributed by atoms with Crippen LogP contribution in [0.25, 0.3) is 0 Å². The molecule has 1 atom stereocenters. The number of halogens is 1. The minimum atomic E-state index is -0.768. The van der Waals surface area contributed by atoms with Crippen LogP contribution in [-0.4, -0.2) is 34.0 Å². The van der Waals surface area contributed by atoms with E-state index in [-0.39, 0.29) is 18.0 Å². The zero-order valence-electron chi connectivity index (χ0n) is 13.5. The van der Waals surface area contributed by atoms with Crippen molar-refractivity contribution < 1.29 is 9.90 Å². The normalized spacial score (nSPS) is 16.5. The third kappa shape index (κ3) is 3.88. The summed E-state index contributed by atoms with van der Waals surface area (Å²) in [6.45, 7) is 0.717. The van der Waals surface area contributed by atoms with Gasteiger partial charge in [0.1, 0.15) is 0 Å². The minimum Gasteiger partial charge on any atom is -0.386 e. The van der Waals surface area contributed by atoms with E-state index in [9.17, 15) is 9.90 Å². The molecule has 6 nitrogen and oxygen atoms in total. The van der Waals surface area contributed by atoms with Crippen LogP contribution < -0.4 is 10.6 Å². The average molecular weight is 349 g/mol. The van der Waals surface area contributed by atoms with Crippen LogP contribution >= 0.6 is 11.6 Å². The summed E-state index contributed by atoms with van der Waals surface area (Å²) in [5.41, 5.74) is 1.89. The molecule has 24 heavy (non-hydrogen) atoms. The molecule has 0 aliphatic heterocycles. The van der Waals surface area contributed by atoms with Gasteiger partial charge in [0, 0.05) is 42.3 Å². The molecule has 0 saturated heterocycles. The first-order valence-corrected chi connectivity index (χ1v) is 8.31. The van der Waals surface area contributed by atoms with Crippen LogP contribution in [0.5, 0.6) is 0 Å². The Bertz CT molecular complexity index is 710. The van der Waals surface area contributed by atoms with E-state index in [0.29, 0.717) is 17.1 Å². The number of nitrogens with zero attached hydrogens (tertiary/aromatic N) is 2. The molecule has 2 aromatic rings. The molecule has 0 bridgehead atoms. The molecule has 1 aliphatic rings. The third-order valence-electron chi connectivity index (χ3n) is 4.46. The predicted molar refractivity (Wildman–Crippen MR) is 91.9 cm³/mol. The molecule has 7 heteroatoms. The Labute approximate surface area is 145 Å². The van der Waals surface area contributed by atoms with Gasteiger partial charge in [0.2, 0.25) is 0 Å². The lowest BCUT2D eigenvalue weighted by Gasteiger charge is -2.17. The number of rotatable bonds is 6. The van der Waals surface area contributed by atoms with Gasteiger partial charge in [-0.05, 0) is 30.5 Å². The number of aryl methyl sites for hydroxylation is 1. The van der Waals surface area contributed by atoms with E-state index in [1.807, 2.05) is 24.3 Å². The Kier molecular flexibility index (Phi) is 4.78. The summed E-state index contributed by atoms with van der Waals surface area (Å²) in [4.78, 5) is 12.0. The van der Waals surface area contributed by atoms with Crippen molar-refractivity contribution in [2.75, 3.05) is 13.1 Å². The predicted octanol–water partition coefficient (Wildman–Crippen LogP) is 2.14.